The Morgan fingerprint density at radius 1 is 1.26 bits per heavy atom. The molecule has 0 aliphatic heterocycles. The molecule has 0 atom stereocenters. The number of carbonyl (C=O) groups excluding carboxylic acids is 1. The number of esters is 1. The van der Waals surface area contributed by atoms with Crippen molar-refractivity contribution in [1.82, 2.24) is 14.4 Å². The molecule has 1 aromatic carbocycles. The molecule has 0 amide bonds. The van der Waals surface area contributed by atoms with Gasteiger partial charge < -0.3 is 4.74 Å². The third kappa shape index (κ3) is 2.79. The highest BCUT2D eigenvalue weighted by Gasteiger charge is 2.18. The number of rotatable bonds is 4. The molecule has 0 unspecified atom stereocenters. The van der Waals surface area contributed by atoms with Gasteiger partial charge in [0.25, 0.3) is 0 Å². The summed E-state index contributed by atoms with van der Waals surface area (Å²) in [4.78, 5) is 20.7. The summed E-state index contributed by atoms with van der Waals surface area (Å²) in [6, 6.07) is 8.00. The summed E-state index contributed by atoms with van der Waals surface area (Å²) in [5.41, 5.74) is 3.03. The largest absolute Gasteiger partial charge is 0.461 e. The van der Waals surface area contributed by atoms with Gasteiger partial charge in [-0.1, -0.05) is 6.92 Å². The molecule has 0 spiro atoms. The minimum atomic E-state index is -0.499. The van der Waals surface area contributed by atoms with Crippen molar-refractivity contribution in [2.24, 2.45) is 0 Å². The first-order chi connectivity index (χ1) is 11.1. The predicted octanol–water partition coefficient (Wildman–Crippen LogP) is 3.27. The molecule has 2 aromatic heterocycles. The van der Waals surface area contributed by atoms with Gasteiger partial charge in [0.1, 0.15) is 12.1 Å². The van der Waals surface area contributed by atoms with Crippen molar-refractivity contribution in [1.29, 1.82) is 0 Å². The lowest BCUT2D eigenvalue weighted by Gasteiger charge is -2.08. The van der Waals surface area contributed by atoms with E-state index in [2.05, 4.69) is 9.97 Å². The molecule has 0 aliphatic carbocycles. The van der Waals surface area contributed by atoms with E-state index in [9.17, 15) is 9.18 Å². The Balaban J connectivity index is 2.18. The number of aryl methyl sites for hydroxylation is 1. The van der Waals surface area contributed by atoms with E-state index in [1.54, 1.807) is 29.8 Å². The lowest BCUT2D eigenvalue weighted by atomic mass is 10.1. The topological polar surface area (TPSA) is 56.5 Å². The van der Waals surface area contributed by atoms with Crippen LogP contribution in [0.15, 0.2) is 36.7 Å². The number of imidazole rings is 1. The van der Waals surface area contributed by atoms with Gasteiger partial charge in [0.15, 0.2) is 11.3 Å². The van der Waals surface area contributed by atoms with Crippen molar-refractivity contribution in [3.8, 4) is 11.3 Å². The van der Waals surface area contributed by atoms with Crippen molar-refractivity contribution in [3.05, 3.63) is 53.9 Å². The van der Waals surface area contributed by atoms with Gasteiger partial charge in [-0.2, -0.15) is 0 Å². The highest BCUT2D eigenvalue weighted by Crippen LogP contribution is 2.22. The van der Waals surface area contributed by atoms with E-state index in [1.165, 1.54) is 12.1 Å². The van der Waals surface area contributed by atoms with Crippen LogP contribution < -0.4 is 0 Å². The molecule has 0 fully saturated rings. The molecule has 118 valence electrons. The lowest BCUT2D eigenvalue weighted by molar-refractivity contribution is 0.0522. The van der Waals surface area contributed by atoms with E-state index >= 15 is 0 Å². The fourth-order valence-electron chi connectivity index (χ4n) is 2.42. The van der Waals surface area contributed by atoms with Crippen LogP contribution in [-0.4, -0.2) is 26.9 Å². The molecule has 23 heavy (non-hydrogen) atoms. The molecule has 0 saturated carbocycles. The van der Waals surface area contributed by atoms with E-state index < -0.39 is 5.97 Å². The Kier molecular flexibility index (Phi) is 4.06. The zero-order valence-corrected chi connectivity index (χ0v) is 12.9. The molecule has 0 bridgehead atoms. The van der Waals surface area contributed by atoms with Crippen LogP contribution in [0.25, 0.3) is 16.9 Å². The number of benzene rings is 1. The van der Waals surface area contributed by atoms with Crippen LogP contribution in [0.4, 0.5) is 4.39 Å². The first kappa shape index (κ1) is 15.1. The first-order valence-corrected chi connectivity index (χ1v) is 7.44. The molecule has 3 rings (SSSR count). The fourth-order valence-corrected chi connectivity index (χ4v) is 2.42. The number of halogens is 1. The van der Waals surface area contributed by atoms with Crippen molar-refractivity contribution < 1.29 is 13.9 Å². The van der Waals surface area contributed by atoms with Crippen LogP contribution in [0.1, 0.15) is 30.0 Å². The molecule has 0 aliphatic rings. The van der Waals surface area contributed by atoms with Gasteiger partial charge in [0, 0.05) is 11.3 Å². The summed E-state index contributed by atoms with van der Waals surface area (Å²) in [7, 11) is 0. The molecule has 2 heterocycles. The SMILES string of the molecule is CCOC(=O)c1ncn2c(CC)cc(-c3ccc(F)cc3)nc12. The third-order valence-corrected chi connectivity index (χ3v) is 3.55. The van der Waals surface area contributed by atoms with Gasteiger partial charge in [0.2, 0.25) is 0 Å². The average Bonchev–Trinajstić information content (AvgIpc) is 2.99. The molecular weight excluding hydrogens is 297 g/mol. The van der Waals surface area contributed by atoms with Crippen LogP contribution in [0.5, 0.6) is 0 Å². The van der Waals surface area contributed by atoms with E-state index in [0.717, 1.165) is 17.7 Å². The first-order valence-electron chi connectivity index (χ1n) is 7.44. The van der Waals surface area contributed by atoms with E-state index in [0.29, 0.717) is 11.3 Å². The zero-order chi connectivity index (χ0) is 16.4. The Morgan fingerprint density at radius 2 is 2.00 bits per heavy atom. The Bertz CT molecular complexity index is 856. The Labute approximate surface area is 132 Å². The summed E-state index contributed by atoms with van der Waals surface area (Å²) >= 11 is 0. The van der Waals surface area contributed by atoms with Gasteiger partial charge in [-0.3, -0.25) is 4.40 Å². The molecule has 0 saturated heterocycles. The number of fused-ring (bicyclic) bond motifs is 1. The standard InChI is InChI=1S/C17H16FN3O2/c1-3-13-9-14(11-5-7-12(18)8-6-11)20-16-15(17(22)23-4-2)19-10-21(13)16/h5-10H,3-4H2,1-2H3. The normalized spacial score (nSPS) is 10.9. The molecular formula is C17H16FN3O2. The van der Waals surface area contributed by atoms with Crippen LogP contribution in [-0.2, 0) is 11.2 Å². The van der Waals surface area contributed by atoms with Crippen molar-refractivity contribution in [2.75, 3.05) is 6.61 Å². The highest BCUT2D eigenvalue weighted by molar-refractivity contribution is 5.94. The van der Waals surface area contributed by atoms with Crippen LogP contribution >= 0.6 is 0 Å². The predicted molar refractivity (Wildman–Crippen MR) is 83.7 cm³/mol. The van der Waals surface area contributed by atoms with Crippen LogP contribution in [0.3, 0.4) is 0 Å². The molecule has 0 N–H and O–H groups in total. The Hall–Kier alpha value is -2.76. The van der Waals surface area contributed by atoms with E-state index in [4.69, 9.17) is 4.74 Å². The second-order valence-corrected chi connectivity index (χ2v) is 5.00. The van der Waals surface area contributed by atoms with Gasteiger partial charge in [0.05, 0.1) is 12.3 Å². The number of hydrogen-bond acceptors (Lipinski definition) is 4. The van der Waals surface area contributed by atoms with Crippen LogP contribution in [0.2, 0.25) is 0 Å². The van der Waals surface area contributed by atoms with Gasteiger partial charge in [-0.15, -0.1) is 0 Å². The van der Waals surface area contributed by atoms with Gasteiger partial charge >= 0.3 is 5.97 Å². The minimum Gasteiger partial charge on any atom is -0.461 e. The maximum atomic E-state index is 13.1. The van der Waals surface area contributed by atoms with Crippen molar-refractivity contribution in [2.45, 2.75) is 20.3 Å². The summed E-state index contributed by atoms with van der Waals surface area (Å²) in [6.07, 6.45) is 2.31. The number of ether oxygens (including phenoxy) is 1. The summed E-state index contributed by atoms with van der Waals surface area (Å²) in [6.45, 7) is 4.02. The van der Waals surface area contributed by atoms with E-state index in [-0.39, 0.29) is 18.1 Å². The van der Waals surface area contributed by atoms with Crippen molar-refractivity contribution >= 4 is 11.6 Å². The maximum Gasteiger partial charge on any atom is 0.360 e. The smallest absolute Gasteiger partial charge is 0.360 e. The van der Waals surface area contributed by atoms with E-state index in [1.807, 2.05) is 13.0 Å². The molecule has 0 radical (unpaired) electrons. The average molecular weight is 313 g/mol. The zero-order valence-electron chi connectivity index (χ0n) is 12.9. The number of aromatic nitrogens is 3. The number of nitrogens with zero attached hydrogens (tertiary/aromatic N) is 3. The van der Waals surface area contributed by atoms with Gasteiger partial charge in [-0.05, 0) is 43.7 Å². The molecule has 5 nitrogen and oxygen atoms in total. The second kappa shape index (κ2) is 6.16. The summed E-state index contributed by atoms with van der Waals surface area (Å²) in [5, 5.41) is 0. The molecule has 6 heteroatoms. The minimum absolute atomic E-state index is 0.186. The number of carbonyl (C=O) groups is 1. The van der Waals surface area contributed by atoms with Gasteiger partial charge in [-0.25, -0.2) is 19.2 Å². The second-order valence-electron chi connectivity index (χ2n) is 5.00. The summed E-state index contributed by atoms with van der Waals surface area (Å²) in [5.74, 6) is -0.803. The molecule has 3 aromatic rings. The monoisotopic (exact) mass is 313 g/mol. The highest BCUT2D eigenvalue weighted by atomic mass is 19.1. The third-order valence-electron chi connectivity index (χ3n) is 3.55. The summed E-state index contributed by atoms with van der Waals surface area (Å²) < 4.78 is 19.9. The Morgan fingerprint density at radius 3 is 2.65 bits per heavy atom. The number of hydrogen-bond donors (Lipinski definition) is 0. The van der Waals surface area contributed by atoms with Crippen molar-refractivity contribution in [3.63, 3.8) is 0 Å². The quantitative estimate of drug-likeness (QED) is 0.694. The fraction of sp³-hybridized carbons (Fsp3) is 0.235. The van der Waals surface area contributed by atoms with Crippen LogP contribution in [0, 0.1) is 5.82 Å². The lowest BCUT2D eigenvalue weighted by Crippen LogP contribution is -2.07. The maximum absolute atomic E-state index is 13.1.